The number of hydrogen-bond donors (Lipinski definition) is 2. The van der Waals surface area contributed by atoms with Gasteiger partial charge in [0.1, 0.15) is 5.69 Å². The molecule has 2 fully saturated rings. The van der Waals surface area contributed by atoms with E-state index < -0.39 is 0 Å². The second-order valence-electron chi connectivity index (χ2n) is 5.55. The first-order chi connectivity index (χ1) is 9.15. The maximum atomic E-state index is 12.2. The van der Waals surface area contributed by atoms with Crippen LogP contribution in [0.15, 0.2) is 18.3 Å². The zero-order valence-electron chi connectivity index (χ0n) is 11.1. The maximum Gasteiger partial charge on any atom is 0.268 e. The van der Waals surface area contributed by atoms with E-state index in [1.807, 2.05) is 29.9 Å². The largest absolute Gasteiger partial charge is 0.351 e. The molecule has 0 radical (unpaired) electrons. The van der Waals surface area contributed by atoms with Crippen LogP contribution in [-0.4, -0.2) is 28.5 Å². The van der Waals surface area contributed by atoms with E-state index in [-0.39, 0.29) is 23.9 Å². The van der Waals surface area contributed by atoms with E-state index in [1.165, 1.54) is 0 Å². The summed E-state index contributed by atoms with van der Waals surface area (Å²) in [5.74, 6) is 0.600. The van der Waals surface area contributed by atoms with Gasteiger partial charge in [0, 0.05) is 19.7 Å². The lowest BCUT2D eigenvalue weighted by molar-refractivity contribution is -0.124. The number of aryl methyl sites for hydroxylation is 1. The summed E-state index contributed by atoms with van der Waals surface area (Å²) in [5.41, 5.74) is 0.659. The van der Waals surface area contributed by atoms with Gasteiger partial charge in [-0.2, -0.15) is 0 Å². The summed E-state index contributed by atoms with van der Waals surface area (Å²) in [4.78, 5) is 23.7. The third kappa shape index (κ3) is 2.50. The van der Waals surface area contributed by atoms with Crippen molar-refractivity contribution >= 4 is 11.8 Å². The first-order valence-corrected chi connectivity index (χ1v) is 6.86. The van der Waals surface area contributed by atoms with E-state index in [9.17, 15) is 9.59 Å². The maximum absolute atomic E-state index is 12.2. The van der Waals surface area contributed by atoms with Crippen molar-refractivity contribution in [3.8, 4) is 0 Å². The number of hydrogen-bond acceptors (Lipinski definition) is 2. The Morgan fingerprint density at radius 3 is 2.84 bits per heavy atom. The van der Waals surface area contributed by atoms with Crippen molar-refractivity contribution in [1.82, 2.24) is 15.2 Å². The van der Waals surface area contributed by atoms with E-state index in [0.717, 1.165) is 19.3 Å². The zero-order valence-corrected chi connectivity index (χ0v) is 11.1. The number of carbonyl (C=O) groups is 2. The molecule has 2 N–H and O–H groups in total. The predicted octanol–water partition coefficient (Wildman–Crippen LogP) is 0.812. The molecule has 1 aromatic heterocycles. The van der Waals surface area contributed by atoms with Crippen LogP contribution < -0.4 is 10.6 Å². The molecular formula is C14H19N3O2. The average Bonchev–Trinajstić information content (AvgIpc) is 3.13. The first-order valence-electron chi connectivity index (χ1n) is 6.86. The number of aromatic nitrogens is 1. The molecule has 2 aliphatic rings. The predicted molar refractivity (Wildman–Crippen MR) is 70.6 cm³/mol. The van der Waals surface area contributed by atoms with E-state index in [2.05, 4.69) is 10.6 Å². The van der Waals surface area contributed by atoms with E-state index in [4.69, 9.17) is 0 Å². The molecule has 19 heavy (non-hydrogen) atoms. The Labute approximate surface area is 112 Å². The number of carbonyl (C=O) groups excluding carboxylic acids is 2. The van der Waals surface area contributed by atoms with E-state index in [0.29, 0.717) is 18.0 Å². The van der Waals surface area contributed by atoms with Crippen LogP contribution in [0.1, 0.15) is 36.2 Å². The molecule has 0 aromatic carbocycles. The summed E-state index contributed by atoms with van der Waals surface area (Å²) < 4.78 is 1.81. The van der Waals surface area contributed by atoms with Crippen molar-refractivity contribution in [2.45, 2.75) is 37.8 Å². The van der Waals surface area contributed by atoms with Crippen LogP contribution in [-0.2, 0) is 11.8 Å². The van der Waals surface area contributed by atoms with E-state index >= 15 is 0 Å². The summed E-state index contributed by atoms with van der Waals surface area (Å²) >= 11 is 0. The second kappa shape index (κ2) is 4.72. The SMILES string of the molecule is Cn1cccc1C(=O)NC1CCC(=O)NC1C1CC1. The highest BCUT2D eigenvalue weighted by Gasteiger charge is 2.40. The molecular weight excluding hydrogens is 242 g/mol. The Morgan fingerprint density at radius 1 is 1.42 bits per heavy atom. The molecule has 1 aromatic rings. The Morgan fingerprint density at radius 2 is 2.21 bits per heavy atom. The van der Waals surface area contributed by atoms with Gasteiger partial charge in [0.25, 0.3) is 5.91 Å². The number of piperidine rings is 1. The molecule has 2 unspecified atom stereocenters. The molecule has 5 heteroatoms. The lowest BCUT2D eigenvalue weighted by Gasteiger charge is -2.33. The van der Waals surface area contributed by atoms with Crippen molar-refractivity contribution in [2.24, 2.45) is 13.0 Å². The minimum atomic E-state index is -0.0562. The molecule has 2 heterocycles. The third-order valence-electron chi connectivity index (χ3n) is 4.07. The fourth-order valence-corrected chi connectivity index (χ4v) is 2.83. The molecule has 2 amide bonds. The summed E-state index contributed by atoms with van der Waals surface area (Å²) in [6.07, 6.45) is 5.41. The molecule has 0 spiro atoms. The topological polar surface area (TPSA) is 63.1 Å². The zero-order chi connectivity index (χ0) is 13.4. The van der Waals surface area contributed by atoms with Crippen molar-refractivity contribution in [3.05, 3.63) is 24.0 Å². The molecule has 3 rings (SSSR count). The van der Waals surface area contributed by atoms with Crippen molar-refractivity contribution in [3.63, 3.8) is 0 Å². The monoisotopic (exact) mass is 261 g/mol. The fraction of sp³-hybridized carbons (Fsp3) is 0.571. The third-order valence-corrected chi connectivity index (χ3v) is 4.07. The van der Waals surface area contributed by atoms with Crippen molar-refractivity contribution in [2.75, 3.05) is 0 Å². The lowest BCUT2D eigenvalue weighted by atomic mass is 9.94. The smallest absolute Gasteiger partial charge is 0.268 e. The van der Waals surface area contributed by atoms with Crippen LogP contribution in [0.4, 0.5) is 0 Å². The minimum absolute atomic E-state index is 0.0562. The Kier molecular flexibility index (Phi) is 3.05. The Hall–Kier alpha value is -1.78. The molecule has 1 aliphatic heterocycles. The second-order valence-corrected chi connectivity index (χ2v) is 5.55. The number of amides is 2. The highest BCUT2D eigenvalue weighted by molar-refractivity contribution is 5.93. The number of nitrogens with one attached hydrogen (secondary N) is 2. The van der Waals surface area contributed by atoms with Gasteiger partial charge >= 0.3 is 0 Å². The normalized spacial score (nSPS) is 26.9. The van der Waals surface area contributed by atoms with Crippen LogP contribution in [0.25, 0.3) is 0 Å². The van der Waals surface area contributed by atoms with Gasteiger partial charge in [-0.05, 0) is 37.3 Å². The number of rotatable bonds is 3. The molecule has 5 nitrogen and oxygen atoms in total. The van der Waals surface area contributed by atoms with Gasteiger partial charge < -0.3 is 15.2 Å². The van der Waals surface area contributed by atoms with Gasteiger partial charge in [-0.25, -0.2) is 0 Å². The van der Waals surface area contributed by atoms with Crippen LogP contribution in [0.2, 0.25) is 0 Å². The van der Waals surface area contributed by atoms with Gasteiger partial charge in [-0.15, -0.1) is 0 Å². The van der Waals surface area contributed by atoms with Gasteiger partial charge in [-0.1, -0.05) is 0 Å². The van der Waals surface area contributed by atoms with Crippen LogP contribution in [0.3, 0.4) is 0 Å². The lowest BCUT2D eigenvalue weighted by Crippen LogP contribution is -2.56. The quantitative estimate of drug-likeness (QED) is 0.846. The fourth-order valence-electron chi connectivity index (χ4n) is 2.83. The Balaban J connectivity index is 1.69. The summed E-state index contributed by atoms with van der Waals surface area (Å²) in [6, 6.07) is 3.84. The van der Waals surface area contributed by atoms with Crippen molar-refractivity contribution < 1.29 is 9.59 Å². The van der Waals surface area contributed by atoms with Crippen LogP contribution in [0, 0.1) is 5.92 Å². The average molecular weight is 261 g/mol. The molecule has 0 bridgehead atoms. The van der Waals surface area contributed by atoms with Gasteiger partial charge in [-0.3, -0.25) is 9.59 Å². The van der Waals surface area contributed by atoms with Gasteiger partial charge in [0.05, 0.1) is 12.1 Å². The minimum Gasteiger partial charge on any atom is -0.351 e. The highest BCUT2D eigenvalue weighted by Crippen LogP contribution is 2.36. The molecule has 2 atom stereocenters. The van der Waals surface area contributed by atoms with Gasteiger partial charge in [0.2, 0.25) is 5.91 Å². The Bertz CT molecular complexity index is 505. The molecule has 102 valence electrons. The van der Waals surface area contributed by atoms with Crippen molar-refractivity contribution in [1.29, 1.82) is 0 Å². The van der Waals surface area contributed by atoms with Crippen LogP contribution >= 0.6 is 0 Å². The molecule has 1 saturated heterocycles. The summed E-state index contributed by atoms with van der Waals surface area (Å²) in [5, 5.41) is 6.11. The number of nitrogens with zero attached hydrogens (tertiary/aromatic N) is 1. The molecule has 1 aliphatic carbocycles. The summed E-state index contributed by atoms with van der Waals surface area (Å²) in [6.45, 7) is 0. The van der Waals surface area contributed by atoms with Gasteiger partial charge in [0.15, 0.2) is 0 Å². The standard InChI is InChI=1S/C14H19N3O2/c1-17-8-2-3-11(17)14(19)15-10-6-7-12(18)16-13(10)9-4-5-9/h2-3,8-10,13H,4-7H2,1H3,(H,15,19)(H,16,18). The van der Waals surface area contributed by atoms with E-state index in [1.54, 1.807) is 0 Å². The summed E-state index contributed by atoms with van der Waals surface area (Å²) in [7, 11) is 1.86. The highest BCUT2D eigenvalue weighted by atomic mass is 16.2. The van der Waals surface area contributed by atoms with Crippen LogP contribution in [0.5, 0.6) is 0 Å². The molecule has 1 saturated carbocycles. The first kappa shape index (κ1) is 12.3.